The third kappa shape index (κ3) is 4.76. The number of anilines is 1. The number of nitrogens with zero attached hydrogens (tertiary/aromatic N) is 2. The van der Waals surface area contributed by atoms with E-state index < -0.39 is 0 Å². The summed E-state index contributed by atoms with van der Waals surface area (Å²) in [5.41, 5.74) is 4.49. The molecule has 0 bridgehead atoms. The smallest absolute Gasteiger partial charge is 0.273 e. The van der Waals surface area contributed by atoms with Crippen molar-refractivity contribution in [1.82, 2.24) is 9.66 Å². The van der Waals surface area contributed by atoms with Gasteiger partial charge in [-0.1, -0.05) is 74.9 Å². The number of hydrogen-bond donors (Lipinski definition) is 2. The molecule has 158 valence electrons. The van der Waals surface area contributed by atoms with Crippen LogP contribution in [0.4, 0.5) is 5.95 Å². The van der Waals surface area contributed by atoms with Gasteiger partial charge in [-0.3, -0.25) is 10.2 Å². The summed E-state index contributed by atoms with van der Waals surface area (Å²) in [6.07, 6.45) is 12.7. The molecule has 1 atom stereocenters. The molecule has 0 saturated carbocycles. The lowest BCUT2D eigenvalue weighted by atomic mass is 10.1. The molecule has 0 saturated heterocycles. The number of benzene rings is 1. The quantitative estimate of drug-likeness (QED) is 0.727. The molecular weight excluding hydrogens is 400 g/mol. The van der Waals surface area contributed by atoms with E-state index in [0.717, 1.165) is 12.0 Å². The van der Waals surface area contributed by atoms with E-state index in [9.17, 15) is 4.79 Å². The van der Waals surface area contributed by atoms with E-state index in [4.69, 9.17) is 16.3 Å². The number of halogens is 1. The normalized spacial score (nSPS) is 16.7. The topological polar surface area (TPSA) is 68.2 Å². The summed E-state index contributed by atoms with van der Waals surface area (Å²) in [5, 5.41) is 3.95. The van der Waals surface area contributed by atoms with Crippen LogP contribution in [0, 0.1) is 5.92 Å². The maximum Gasteiger partial charge on any atom is 0.273 e. The number of rotatable bonds is 5. The molecule has 2 N–H and O–H groups in total. The van der Waals surface area contributed by atoms with Gasteiger partial charge in [0.1, 0.15) is 18.5 Å². The number of ether oxygens (including phenoxy) is 1. The summed E-state index contributed by atoms with van der Waals surface area (Å²) >= 11 is 6.23. The third-order valence-electron chi connectivity index (χ3n) is 4.71. The first-order valence-corrected chi connectivity index (χ1v) is 10.6. The Kier molecular flexibility index (Phi) is 7.36. The van der Waals surface area contributed by atoms with E-state index in [1.54, 1.807) is 0 Å². The van der Waals surface area contributed by atoms with E-state index in [0.29, 0.717) is 22.4 Å². The molecule has 0 fully saturated rings. The zero-order valence-electron chi connectivity index (χ0n) is 17.4. The lowest BCUT2D eigenvalue weighted by Crippen LogP contribution is -2.35. The van der Waals surface area contributed by atoms with Gasteiger partial charge in [0, 0.05) is 22.6 Å². The second-order valence-electron chi connectivity index (χ2n) is 6.59. The van der Waals surface area contributed by atoms with Gasteiger partial charge in [0.2, 0.25) is 5.95 Å². The van der Waals surface area contributed by atoms with E-state index in [1.807, 2.05) is 63.3 Å². The second kappa shape index (κ2) is 10.2. The van der Waals surface area contributed by atoms with Gasteiger partial charge in [-0.2, -0.15) is 4.68 Å². The highest BCUT2D eigenvalue weighted by molar-refractivity contribution is 6.31. The van der Waals surface area contributed by atoms with Gasteiger partial charge >= 0.3 is 0 Å². The van der Waals surface area contributed by atoms with Crippen LogP contribution in [-0.2, 0) is 13.0 Å². The van der Waals surface area contributed by atoms with Gasteiger partial charge in [-0.15, -0.1) is 0 Å². The summed E-state index contributed by atoms with van der Waals surface area (Å²) in [6.45, 7) is 6.21. The Hall–Kier alpha value is -2.99. The van der Waals surface area contributed by atoms with E-state index in [2.05, 4.69) is 27.9 Å². The minimum atomic E-state index is -0.180. The van der Waals surface area contributed by atoms with Crippen molar-refractivity contribution in [2.24, 2.45) is 5.92 Å². The van der Waals surface area contributed by atoms with Crippen LogP contribution in [0.3, 0.4) is 0 Å². The van der Waals surface area contributed by atoms with Crippen LogP contribution in [0.25, 0.3) is 0 Å². The monoisotopic (exact) mass is 426 g/mol. The number of nitrogens with one attached hydrogen (secondary N) is 2. The van der Waals surface area contributed by atoms with Crippen molar-refractivity contribution in [3.05, 3.63) is 87.4 Å². The van der Waals surface area contributed by atoms with E-state index in [-0.39, 0.29) is 24.2 Å². The van der Waals surface area contributed by atoms with Crippen molar-refractivity contribution in [2.45, 2.75) is 40.0 Å². The van der Waals surface area contributed by atoms with Crippen molar-refractivity contribution in [2.75, 3.05) is 10.7 Å². The highest BCUT2D eigenvalue weighted by atomic mass is 35.5. The van der Waals surface area contributed by atoms with E-state index in [1.165, 1.54) is 10.7 Å². The Bertz CT molecular complexity index is 1010. The van der Waals surface area contributed by atoms with Gasteiger partial charge in [0.25, 0.3) is 5.56 Å². The summed E-state index contributed by atoms with van der Waals surface area (Å²) in [7, 11) is 0. The number of aromatic nitrogens is 2. The van der Waals surface area contributed by atoms with Crippen LogP contribution in [-0.4, -0.2) is 15.8 Å². The van der Waals surface area contributed by atoms with Crippen molar-refractivity contribution >= 4 is 17.5 Å². The van der Waals surface area contributed by atoms with E-state index >= 15 is 0 Å². The molecule has 1 aromatic carbocycles. The molecule has 1 unspecified atom stereocenters. The summed E-state index contributed by atoms with van der Waals surface area (Å²) < 4.78 is 7.33. The van der Waals surface area contributed by atoms with Gasteiger partial charge in [-0.05, 0) is 18.6 Å². The molecule has 1 aliphatic heterocycles. The Labute approximate surface area is 181 Å². The lowest BCUT2D eigenvalue weighted by Gasteiger charge is -2.16. The predicted octanol–water partition coefficient (Wildman–Crippen LogP) is 4.66. The van der Waals surface area contributed by atoms with Crippen LogP contribution in [0.15, 0.2) is 65.5 Å². The van der Waals surface area contributed by atoms with Gasteiger partial charge in [-0.25, -0.2) is 4.98 Å². The SMILES string of the molecule is CC.CCc1c(Cl)cccc1OCc1cc(=O)n2c(n1)NC(C1C=CC=CC=C1)N2. The zero-order chi connectivity index (χ0) is 21.5. The van der Waals surface area contributed by atoms with Crippen LogP contribution < -0.4 is 21.0 Å². The maximum atomic E-state index is 12.5. The maximum absolute atomic E-state index is 12.5. The Morgan fingerprint density at radius 1 is 1.17 bits per heavy atom. The van der Waals surface area contributed by atoms with Crippen molar-refractivity contribution < 1.29 is 4.74 Å². The summed E-state index contributed by atoms with van der Waals surface area (Å²) in [4.78, 5) is 17.1. The van der Waals surface area contributed by atoms with Crippen molar-refractivity contribution in [3.63, 3.8) is 0 Å². The fraction of sp³-hybridized carbons (Fsp3) is 0.304. The number of fused-ring (bicyclic) bond motifs is 1. The summed E-state index contributed by atoms with van der Waals surface area (Å²) in [5.74, 6) is 1.29. The minimum Gasteiger partial charge on any atom is -0.487 e. The average molecular weight is 427 g/mol. The number of allylic oxidation sites excluding steroid dienone is 4. The van der Waals surface area contributed by atoms with Crippen molar-refractivity contribution in [3.8, 4) is 5.75 Å². The predicted molar refractivity (Wildman–Crippen MR) is 123 cm³/mol. The van der Waals surface area contributed by atoms with Gasteiger partial charge in [0.15, 0.2) is 0 Å². The van der Waals surface area contributed by atoms with Crippen LogP contribution in [0.1, 0.15) is 32.0 Å². The highest BCUT2D eigenvalue weighted by Crippen LogP contribution is 2.27. The number of hydrogen-bond acceptors (Lipinski definition) is 5. The van der Waals surface area contributed by atoms with Crippen LogP contribution in [0.5, 0.6) is 5.75 Å². The fourth-order valence-electron chi connectivity index (χ4n) is 3.29. The Morgan fingerprint density at radius 2 is 1.90 bits per heavy atom. The lowest BCUT2D eigenvalue weighted by molar-refractivity contribution is 0.298. The average Bonchev–Trinajstić information content (AvgIpc) is 3.00. The molecule has 30 heavy (non-hydrogen) atoms. The Balaban J connectivity index is 0.00000124. The first kappa shape index (κ1) is 21.7. The van der Waals surface area contributed by atoms with Gasteiger partial charge < -0.3 is 10.1 Å². The third-order valence-corrected chi connectivity index (χ3v) is 5.07. The molecule has 2 aliphatic rings. The minimum absolute atomic E-state index is 0.0920. The first-order valence-electron chi connectivity index (χ1n) is 10.2. The molecular formula is C23H27ClN4O2. The Morgan fingerprint density at radius 3 is 2.60 bits per heavy atom. The fourth-order valence-corrected chi connectivity index (χ4v) is 3.59. The molecule has 2 aromatic rings. The standard InChI is InChI=1S/C21H21ClN4O2.C2H6/c1-2-16-17(22)10-7-11-18(16)28-13-15-12-19(27)26-21(23-15)24-20(25-26)14-8-5-3-4-6-9-14;1-2/h3-12,14,20,25H,2,13H2,1H3,(H,23,24);1-2H3. The van der Waals surface area contributed by atoms with Crippen molar-refractivity contribution in [1.29, 1.82) is 0 Å². The largest absolute Gasteiger partial charge is 0.487 e. The molecule has 0 amide bonds. The van der Waals surface area contributed by atoms with Crippen LogP contribution in [0.2, 0.25) is 5.02 Å². The first-order chi connectivity index (χ1) is 14.7. The molecule has 2 heterocycles. The summed E-state index contributed by atoms with van der Waals surface area (Å²) in [6, 6.07) is 7.05. The molecule has 1 aliphatic carbocycles. The second-order valence-corrected chi connectivity index (χ2v) is 6.99. The molecule has 6 nitrogen and oxygen atoms in total. The van der Waals surface area contributed by atoms with Crippen LogP contribution >= 0.6 is 11.6 Å². The molecule has 4 rings (SSSR count). The highest BCUT2D eigenvalue weighted by Gasteiger charge is 2.27. The molecule has 0 radical (unpaired) electrons. The van der Waals surface area contributed by atoms with Gasteiger partial charge in [0.05, 0.1) is 5.69 Å². The molecule has 7 heteroatoms. The zero-order valence-corrected chi connectivity index (χ0v) is 18.2. The molecule has 0 spiro atoms. The molecule has 1 aromatic heterocycles.